The number of hydrogen-bond acceptors (Lipinski definition) is 4. The van der Waals surface area contributed by atoms with Gasteiger partial charge >= 0.3 is 5.97 Å². The van der Waals surface area contributed by atoms with E-state index in [4.69, 9.17) is 5.11 Å². The number of hydrogen-bond donors (Lipinski definition) is 2. The fourth-order valence-electron chi connectivity index (χ4n) is 0.976. The van der Waals surface area contributed by atoms with Crippen LogP contribution >= 0.6 is 15.9 Å². The maximum absolute atomic E-state index is 10.6. The van der Waals surface area contributed by atoms with Gasteiger partial charge in [-0.3, -0.25) is 14.9 Å². The van der Waals surface area contributed by atoms with Crippen molar-refractivity contribution in [3.8, 4) is 0 Å². The molecule has 0 bridgehead atoms. The van der Waals surface area contributed by atoms with E-state index in [1.807, 2.05) is 0 Å². The van der Waals surface area contributed by atoms with Gasteiger partial charge in [0.2, 0.25) is 0 Å². The standard InChI is InChI=1S/C8H7BrN2O4/c9-5-1-2-6(10-4-8(12)13)7(3-5)11(14)15/h1-3,10H,4H2,(H,12,13). The normalized spacial score (nSPS) is 9.67. The first-order chi connectivity index (χ1) is 7.00. The molecule has 1 aromatic rings. The van der Waals surface area contributed by atoms with Gasteiger partial charge in [-0.15, -0.1) is 0 Å². The molecule has 1 aromatic carbocycles. The Morgan fingerprint density at radius 2 is 2.27 bits per heavy atom. The summed E-state index contributed by atoms with van der Waals surface area (Å²) in [6, 6.07) is 4.35. The summed E-state index contributed by atoms with van der Waals surface area (Å²) in [7, 11) is 0. The summed E-state index contributed by atoms with van der Waals surface area (Å²) in [5.41, 5.74) is 0.0243. The predicted octanol–water partition coefficient (Wildman–Crippen LogP) is 1.85. The Kier molecular flexibility index (Phi) is 3.62. The number of nitro benzene ring substituents is 1. The average molecular weight is 275 g/mol. The number of carbonyl (C=O) groups is 1. The van der Waals surface area contributed by atoms with E-state index in [9.17, 15) is 14.9 Å². The Morgan fingerprint density at radius 1 is 1.60 bits per heavy atom. The van der Waals surface area contributed by atoms with E-state index in [0.717, 1.165) is 0 Å². The second-order valence-electron chi connectivity index (χ2n) is 2.67. The number of carboxylic acid groups (broad SMARTS) is 1. The van der Waals surface area contributed by atoms with Gasteiger partial charge in [-0.2, -0.15) is 0 Å². The van der Waals surface area contributed by atoms with Gasteiger partial charge in [-0.25, -0.2) is 0 Å². The Hall–Kier alpha value is -1.63. The molecule has 80 valence electrons. The lowest BCUT2D eigenvalue weighted by atomic mass is 10.2. The first-order valence-corrected chi connectivity index (χ1v) is 4.69. The Bertz CT molecular complexity index is 408. The van der Waals surface area contributed by atoms with E-state index in [1.165, 1.54) is 12.1 Å². The van der Waals surface area contributed by atoms with Crippen LogP contribution in [-0.4, -0.2) is 22.5 Å². The van der Waals surface area contributed by atoms with Crippen molar-refractivity contribution in [3.05, 3.63) is 32.8 Å². The predicted molar refractivity (Wildman–Crippen MR) is 56.9 cm³/mol. The molecule has 6 nitrogen and oxygen atoms in total. The van der Waals surface area contributed by atoms with E-state index in [2.05, 4.69) is 21.2 Å². The summed E-state index contributed by atoms with van der Waals surface area (Å²) < 4.78 is 0.565. The largest absolute Gasteiger partial charge is 0.480 e. The second-order valence-corrected chi connectivity index (χ2v) is 3.58. The van der Waals surface area contributed by atoms with Crippen molar-refractivity contribution in [2.75, 3.05) is 11.9 Å². The van der Waals surface area contributed by atoms with E-state index in [1.54, 1.807) is 6.07 Å². The number of benzene rings is 1. The van der Waals surface area contributed by atoms with E-state index >= 15 is 0 Å². The molecule has 7 heteroatoms. The molecule has 0 radical (unpaired) electrons. The van der Waals surface area contributed by atoms with E-state index in [0.29, 0.717) is 4.47 Å². The summed E-state index contributed by atoms with van der Waals surface area (Å²) in [5, 5.41) is 21.5. The quantitative estimate of drug-likeness (QED) is 0.646. The lowest BCUT2D eigenvalue weighted by Gasteiger charge is -2.04. The van der Waals surface area contributed by atoms with Gasteiger partial charge in [0.1, 0.15) is 12.2 Å². The van der Waals surface area contributed by atoms with Crippen molar-refractivity contribution in [3.63, 3.8) is 0 Å². The Morgan fingerprint density at radius 3 is 2.80 bits per heavy atom. The molecule has 0 aliphatic rings. The molecule has 0 aromatic heterocycles. The zero-order valence-electron chi connectivity index (χ0n) is 7.44. The monoisotopic (exact) mass is 274 g/mol. The first kappa shape index (κ1) is 11.4. The highest BCUT2D eigenvalue weighted by atomic mass is 79.9. The van der Waals surface area contributed by atoms with Crippen LogP contribution < -0.4 is 5.32 Å². The number of halogens is 1. The molecular weight excluding hydrogens is 268 g/mol. The van der Waals surface area contributed by atoms with Gasteiger partial charge in [0, 0.05) is 10.5 Å². The number of anilines is 1. The lowest BCUT2D eigenvalue weighted by molar-refractivity contribution is -0.384. The zero-order valence-corrected chi connectivity index (χ0v) is 9.02. The highest BCUT2D eigenvalue weighted by Gasteiger charge is 2.14. The molecule has 15 heavy (non-hydrogen) atoms. The third-order valence-electron chi connectivity index (χ3n) is 1.59. The Labute approximate surface area is 93.2 Å². The van der Waals surface area contributed by atoms with Crippen molar-refractivity contribution in [1.82, 2.24) is 0 Å². The molecule has 0 spiro atoms. The zero-order chi connectivity index (χ0) is 11.4. The highest BCUT2D eigenvalue weighted by Crippen LogP contribution is 2.27. The molecule has 0 amide bonds. The number of carboxylic acids is 1. The van der Waals surface area contributed by atoms with Crippen molar-refractivity contribution in [2.24, 2.45) is 0 Å². The minimum absolute atomic E-state index is 0.161. The van der Waals surface area contributed by atoms with Gasteiger partial charge in [-0.05, 0) is 12.1 Å². The fourth-order valence-corrected chi connectivity index (χ4v) is 1.33. The number of nitrogens with one attached hydrogen (secondary N) is 1. The third kappa shape index (κ3) is 3.21. The van der Waals surface area contributed by atoms with Gasteiger partial charge in [0.05, 0.1) is 4.92 Å². The van der Waals surface area contributed by atoms with Crippen LogP contribution in [0, 0.1) is 10.1 Å². The maximum atomic E-state index is 10.6. The van der Waals surface area contributed by atoms with Crippen LogP contribution in [0.5, 0.6) is 0 Å². The van der Waals surface area contributed by atoms with Crippen LogP contribution in [0.4, 0.5) is 11.4 Å². The molecule has 1 rings (SSSR count). The molecular formula is C8H7BrN2O4. The van der Waals surface area contributed by atoms with Crippen molar-refractivity contribution in [1.29, 1.82) is 0 Å². The summed E-state index contributed by atoms with van der Waals surface area (Å²) in [5.74, 6) is -1.08. The molecule has 0 heterocycles. The van der Waals surface area contributed by atoms with Crippen molar-refractivity contribution in [2.45, 2.75) is 0 Å². The molecule has 2 N–H and O–H groups in total. The Balaban J connectivity index is 2.95. The smallest absolute Gasteiger partial charge is 0.322 e. The van der Waals surface area contributed by atoms with Crippen molar-refractivity contribution < 1.29 is 14.8 Å². The molecule has 0 unspecified atom stereocenters. The number of nitro groups is 1. The summed E-state index contributed by atoms with van der Waals surface area (Å²) in [6.45, 7) is -0.359. The highest BCUT2D eigenvalue weighted by molar-refractivity contribution is 9.10. The van der Waals surface area contributed by atoms with Gasteiger partial charge in [0.15, 0.2) is 0 Å². The third-order valence-corrected chi connectivity index (χ3v) is 2.08. The summed E-state index contributed by atoms with van der Waals surface area (Å²) >= 11 is 3.10. The summed E-state index contributed by atoms with van der Waals surface area (Å²) in [6.07, 6.45) is 0. The molecule has 0 aliphatic carbocycles. The summed E-state index contributed by atoms with van der Waals surface area (Å²) in [4.78, 5) is 20.3. The molecule has 0 aliphatic heterocycles. The molecule has 0 saturated carbocycles. The lowest BCUT2D eigenvalue weighted by Crippen LogP contribution is -2.13. The number of aliphatic carboxylic acids is 1. The second kappa shape index (κ2) is 4.74. The van der Waals surface area contributed by atoms with Gasteiger partial charge in [0.25, 0.3) is 5.69 Å². The van der Waals surface area contributed by atoms with Crippen LogP contribution in [0.1, 0.15) is 0 Å². The van der Waals surface area contributed by atoms with Crippen LogP contribution in [0.15, 0.2) is 22.7 Å². The average Bonchev–Trinajstić information content (AvgIpc) is 2.15. The molecule has 0 atom stereocenters. The molecule has 0 saturated heterocycles. The maximum Gasteiger partial charge on any atom is 0.322 e. The van der Waals surface area contributed by atoms with E-state index < -0.39 is 10.9 Å². The first-order valence-electron chi connectivity index (χ1n) is 3.90. The van der Waals surface area contributed by atoms with Gasteiger partial charge < -0.3 is 10.4 Å². The van der Waals surface area contributed by atoms with Crippen LogP contribution in [0.3, 0.4) is 0 Å². The topological polar surface area (TPSA) is 92.5 Å². The van der Waals surface area contributed by atoms with Crippen LogP contribution in [0.2, 0.25) is 0 Å². The molecule has 0 fully saturated rings. The SMILES string of the molecule is O=C(O)CNc1ccc(Br)cc1[N+](=O)[O-]. The minimum atomic E-state index is -1.08. The fraction of sp³-hybridized carbons (Fsp3) is 0.125. The van der Waals surface area contributed by atoms with E-state index in [-0.39, 0.29) is 17.9 Å². The minimum Gasteiger partial charge on any atom is -0.480 e. The van der Waals surface area contributed by atoms with Crippen LogP contribution in [-0.2, 0) is 4.79 Å². The number of rotatable bonds is 4. The number of nitrogens with zero attached hydrogens (tertiary/aromatic N) is 1. The van der Waals surface area contributed by atoms with Crippen molar-refractivity contribution >= 4 is 33.3 Å². The van der Waals surface area contributed by atoms with Gasteiger partial charge in [-0.1, -0.05) is 15.9 Å². The van der Waals surface area contributed by atoms with Crippen LogP contribution in [0.25, 0.3) is 0 Å².